The fourth-order valence-corrected chi connectivity index (χ4v) is 3.23. The van der Waals surface area contributed by atoms with E-state index < -0.39 is 10.0 Å². The van der Waals surface area contributed by atoms with Crippen molar-refractivity contribution in [3.8, 4) is 0 Å². The van der Waals surface area contributed by atoms with E-state index in [4.69, 9.17) is 0 Å². The Balaban J connectivity index is 2.06. The monoisotopic (exact) mass is 308 g/mol. The van der Waals surface area contributed by atoms with Gasteiger partial charge in [-0.25, -0.2) is 13.1 Å². The molecule has 0 aliphatic carbocycles. The summed E-state index contributed by atoms with van der Waals surface area (Å²) < 4.78 is 28.6. The zero-order valence-electron chi connectivity index (χ0n) is 12.2. The van der Waals surface area contributed by atoms with Crippen LogP contribution in [0.2, 0.25) is 0 Å². The fraction of sp³-hybridized carbons (Fsp3) is 0.357. The van der Waals surface area contributed by atoms with Gasteiger partial charge in [0, 0.05) is 19.3 Å². The Bertz CT molecular complexity index is 695. The van der Waals surface area contributed by atoms with Crippen LogP contribution in [0.1, 0.15) is 12.5 Å². The minimum atomic E-state index is -3.47. The molecule has 0 radical (unpaired) electrons. The maximum atomic E-state index is 12.1. The molecule has 1 aromatic heterocycles. The second-order valence-corrected chi connectivity index (χ2v) is 6.44. The molecule has 0 spiro atoms. The number of rotatable bonds is 7. The Morgan fingerprint density at radius 1 is 1.29 bits per heavy atom. The summed E-state index contributed by atoms with van der Waals surface area (Å²) >= 11 is 0. The van der Waals surface area contributed by atoms with E-state index in [0.717, 1.165) is 5.56 Å². The summed E-state index contributed by atoms with van der Waals surface area (Å²) in [7, 11) is -3.47. The smallest absolute Gasteiger partial charge is 0.242 e. The van der Waals surface area contributed by atoms with Gasteiger partial charge in [-0.1, -0.05) is 19.1 Å². The molecule has 2 rings (SSSR count). The van der Waals surface area contributed by atoms with Crippen molar-refractivity contribution >= 4 is 15.7 Å². The first-order valence-corrected chi connectivity index (χ1v) is 8.33. The van der Waals surface area contributed by atoms with E-state index in [-0.39, 0.29) is 4.90 Å². The molecule has 0 aliphatic heterocycles. The van der Waals surface area contributed by atoms with Crippen LogP contribution in [0.15, 0.2) is 41.6 Å². The lowest BCUT2D eigenvalue weighted by atomic mass is 10.3. The van der Waals surface area contributed by atoms with Crippen LogP contribution in [0.5, 0.6) is 0 Å². The molecule has 0 amide bonds. The van der Waals surface area contributed by atoms with Crippen LogP contribution in [0.4, 0.5) is 5.69 Å². The highest BCUT2D eigenvalue weighted by atomic mass is 32.2. The largest absolute Gasteiger partial charge is 0.382 e. The topological polar surface area (TPSA) is 76.0 Å². The molecule has 6 nitrogen and oxygen atoms in total. The third-order valence-corrected chi connectivity index (χ3v) is 4.53. The molecule has 1 heterocycles. The SMILES string of the molecule is CCNS(=O)(=O)c1ccccc1NCCn1cc(C)cn1. The normalized spacial score (nSPS) is 11.5. The third-order valence-electron chi connectivity index (χ3n) is 2.93. The maximum absolute atomic E-state index is 12.1. The molecule has 0 unspecified atom stereocenters. The Kier molecular flexibility index (Phi) is 4.98. The lowest BCUT2D eigenvalue weighted by Crippen LogP contribution is -2.24. The molecule has 2 aromatic rings. The molecule has 114 valence electrons. The number of nitrogens with zero attached hydrogens (tertiary/aromatic N) is 2. The number of sulfonamides is 1. The third kappa shape index (κ3) is 4.05. The molecule has 0 fully saturated rings. The van der Waals surface area contributed by atoms with Gasteiger partial charge < -0.3 is 5.32 Å². The minimum absolute atomic E-state index is 0.267. The summed E-state index contributed by atoms with van der Waals surface area (Å²) in [6.45, 7) is 5.37. The van der Waals surface area contributed by atoms with Gasteiger partial charge in [-0.2, -0.15) is 5.10 Å². The number of para-hydroxylation sites is 1. The van der Waals surface area contributed by atoms with E-state index in [1.165, 1.54) is 0 Å². The quantitative estimate of drug-likeness (QED) is 0.814. The summed E-state index contributed by atoms with van der Waals surface area (Å²) in [6.07, 6.45) is 3.74. The molecule has 0 bridgehead atoms. The molecule has 0 aliphatic rings. The lowest BCUT2D eigenvalue weighted by molar-refractivity contribution is 0.584. The summed E-state index contributed by atoms with van der Waals surface area (Å²) in [5.41, 5.74) is 1.70. The van der Waals surface area contributed by atoms with Crippen LogP contribution in [0.3, 0.4) is 0 Å². The van der Waals surface area contributed by atoms with Gasteiger partial charge in [0.25, 0.3) is 0 Å². The first-order valence-electron chi connectivity index (χ1n) is 6.84. The van der Waals surface area contributed by atoms with Crippen LogP contribution in [0.25, 0.3) is 0 Å². The molecule has 7 heteroatoms. The Morgan fingerprint density at radius 2 is 2.05 bits per heavy atom. The first-order chi connectivity index (χ1) is 10.0. The van der Waals surface area contributed by atoms with Crippen molar-refractivity contribution in [2.45, 2.75) is 25.3 Å². The Labute approximate surface area is 125 Å². The molecular weight excluding hydrogens is 288 g/mol. The van der Waals surface area contributed by atoms with Crippen LogP contribution in [0, 0.1) is 6.92 Å². The molecular formula is C14H20N4O2S. The van der Waals surface area contributed by atoms with Gasteiger partial charge in [0.2, 0.25) is 10.0 Å². The lowest BCUT2D eigenvalue weighted by Gasteiger charge is -2.12. The predicted octanol–water partition coefficient (Wildman–Crippen LogP) is 1.60. The van der Waals surface area contributed by atoms with Crippen LogP contribution in [-0.2, 0) is 16.6 Å². The van der Waals surface area contributed by atoms with E-state index >= 15 is 0 Å². The number of hydrogen-bond acceptors (Lipinski definition) is 4. The highest BCUT2D eigenvalue weighted by Gasteiger charge is 2.16. The summed E-state index contributed by atoms with van der Waals surface area (Å²) in [5.74, 6) is 0. The number of aromatic nitrogens is 2. The van der Waals surface area contributed by atoms with Crippen molar-refractivity contribution in [3.63, 3.8) is 0 Å². The van der Waals surface area contributed by atoms with E-state index in [1.54, 1.807) is 31.3 Å². The van der Waals surface area contributed by atoms with Crippen LogP contribution in [-0.4, -0.2) is 31.3 Å². The van der Waals surface area contributed by atoms with Crippen molar-refractivity contribution in [2.24, 2.45) is 0 Å². The summed E-state index contributed by atoms with van der Waals surface area (Å²) in [5, 5.41) is 7.35. The Morgan fingerprint density at radius 3 is 2.71 bits per heavy atom. The van der Waals surface area contributed by atoms with E-state index in [2.05, 4.69) is 15.1 Å². The van der Waals surface area contributed by atoms with Crippen LogP contribution < -0.4 is 10.0 Å². The molecule has 2 N–H and O–H groups in total. The number of anilines is 1. The second-order valence-electron chi connectivity index (χ2n) is 4.71. The van der Waals surface area contributed by atoms with Gasteiger partial charge >= 0.3 is 0 Å². The van der Waals surface area contributed by atoms with Gasteiger partial charge in [-0.3, -0.25) is 4.68 Å². The number of benzene rings is 1. The number of aryl methyl sites for hydroxylation is 1. The standard InChI is InChI=1S/C14H20N4O2S/c1-3-17-21(19,20)14-7-5-4-6-13(14)15-8-9-18-11-12(2)10-16-18/h4-7,10-11,15,17H,3,8-9H2,1-2H3. The highest BCUT2D eigenvalue weighted by molar-refractivity contribution is 7.89. The first kappa shape index (κ1) is 15.5. The molecule has 21 heavy (non-hydrogen) atoms. The fourth-order valence-electron chi connectivity index (χ4n) is 2.01. The number of nitrogens with one attached hydrogen (secondary N) is 2. The van der Waals surface area contributed by atoms with Gasteiger partial charge in [-0.15, -0.1) is 0 Å². The zero-order valence-corrected chi connectivity index (χ0v) is 13.0. The van der Waals surface area contributed by atoms with Crippen molar-refractivity contribution in [1.82, 2.24) is 14.5 Å². The van der Waals surface area contributed by atoms with Crippen molar-refractivity contribution in [1.29, 1.82) is 0 Å². The van der Waals surface area contributed by atoms with Crippen molar-refractivity contribution < 1.29 is 8.42 Å². The second kappa shape index (κ2) is 6.73. The molecule has 1 aromatic carbocycles. The van der Waals surface area contributed by atoms with Gasteiger partial charge in [0.05, 0.1) is 18.4 Å². The van der Waals surface area contributed by atoms with E-state index in [9.17, 15) is 8.42 Å². The van der Waals surface area contributed by atoms with E-state index in [0.29, 0.717) is 25.3 Å². The van der Waals surface area contributed by atoms with Crippen molar-refractivity contribution in [3.05, 3.63) is 42.2 Å². The maximum Gasteiger partial charge on any atom is 0.242 e. The van der Waals surface area contributed by atoms with E-state index in [1.807, 2.05) is 23.9 Å². The van der Waals surface area contributed by atoms with Crippen molar-refractivity contribution in [2.75, 3.05) is 18.4 Å². The minimum Gasteiger partial charge on any atom is -0.382 e. The van der Waals surface area contributed by atoms with Gasteiger partial charge in [0.15, 0.2) is 0 Å². The predicted molar refractivity (Wildman–Crippen MR) is 82.8 cm³/mol. The molecule has 0 saturated carbocycles. The van der Waals surface area contributed by atoms with Gasteiger partial charge in [0.1, 0.15) is 4.90 Å². The molecule has 0 atom stereocenters. The summed E-state index contributed by atoms with van der Waals surface area (Å²) in [4.78, 5) is 0.267. The van der Waals surface area contributed by atoms with Crippen LogP contribution >= 0.6 is 0 Å². The number of hydrogen-bond donors (Lipinski definition) is 2. The highest BCUT2D eigenvalue weighted by Crippen LogP contribution is 2.20. The van der Waals surface area contributed by atoms with Gasteiger partial charge in [-0.05, 0) is 24.6 Å². The zero-order chi connectivity index (χ0) is 15.3. The summed E-state index contributed by atoms with van der Waals surface area (Å²) in [6, 6.07) is 6.88. The average molecular weight is 308 g/mol. The average Bonchev–Trinajstić information content (AvgIpc) is 2.85. The Hall–Kier alpha value is -1.86. The molecule has 0 saturated heterocycles.